The fraction of sp³-hybridized carbons (Fsp3) is 0.125. The van der Waals surface area contributed by atoms with Crippen molar-refractivity contribution in [1.29, 1.82) is 0 Å². The smallest absolute Gasteiger partial charge is 0.162 e. The van der Waals surface area contributed by atoms with Gasteiger partial charge in [0.2, 0.25) is 0 Å². The van der Waals surface area contributed by atoms with Crippen LogP contribution < -0.4 is 9.47 Å². The molecule has 0 N–H and O–H groups in total. The number of thiocarbonyl (C=S) groups is 1. The summed E-state index contributed by atoms with van der Waals surface area (Å²) in [6.07, 6.45) is 0. The lowest BCUT2D eigenvalue weighted by molar-refractivity contribution is 0.356. The number of benzene rings is 2. The van der Waals surface area contributed by atoms with Crippen LogP contribution in [-0.4, -0.2) is 24.4 Å². The second kappa shape index (κ2) is 6.23. The molecule has 22 heavy (non-hydrogen) atoms. The zero-order chi connectivity index (χ0) is 15.5. The van der Waals surface area contributed by atoms with Crippen LogP contribution in [0.1, 0.15) is 0 Å². The number of nitrogens with zero attached hydrogens (tertiary/aromatic N) is 2. The van der Waals surface area contributed by atoms with Crippen molar-refractivity contribution in [1.82, 2.24) is 4.98 Å². The van der Waals surface area contributed by atoms with Crippen molar-refractivity contribution in [2.24, 2.45) is 4.99 Å². The van der Waals surface area contributed by atoms with E-state index < -0.39 is 0 Å². The maximum atomic E-state index is 5.33. The van der Waals surface area contributed by atoms with E-state index in [9.17, 15) is 0 Å². The number of ether oxygens (including phenoxy) is 2. The maximum absolute atomic E-state index is 5.33. The molecule has 0 atom stereocenters. The van der Waals surface area contributed by atoms with Gasteiger partial charge in [0, 0.05) is 17.7 Å². The molecule has 0 saturated carbocycles. The van der Waals surface area contributed by atoms with E-state index in [0.29, 0.717) is 11.5 Å². The molecule has 0 bridgehead atoms. The molecule has 0 fully saturated rings. The number of thiazole rings is 1. The van der Waals surface area contributed by atoms with Crippen molar-refractivity contribution in [3.8, 4) is 22.1 Å². The molecule has 1 aromatic heterocycles. The summed E-state index contributed by atoms with van der Waals surface area (Å²) < 4.78 is 11.7. The van der Waals surface area contributed by atoms with E-state index in [2.05, 4.69) is 27.4 Å². The number of methoxy groups -OCH3 is 2. The number of fused-ring (bicyclic) bond motifs is 1. The first-order chi connectivity index (χ1) is 10.7. The molecule has 0 amide bonds. The SMILES string of the molecule is COc1cc2nc(-c3ccc(N=C=S)cc3)sc2cc1OC. The van der Waals surface area contributed by atoms with E-state index in [1.165, 1.54) is 0 Å². The van der Waals surface area contributed by atoms with Gasteiger partial charge in [-0.1, -0.05) is 0 Å². The molecular weight excluding hydrogens is 316 g/mol. The molecule has 0 saturated heterocycles. The first kappa shape index (κ1) is 14.7. The van der Waals surface area contributed by atoms with Crippen LogP contribution in [0.15, 0.2) is 41.4 Å². The van der Waals surface area contributed by atoms with Gasteiger partial charge in [0.25, 0.3) is 0 Å². The average molecular weight is 328 g/mol. The number of rotatable bonds is 4. The Morgan fingerprint density at radius 1 is 1.09 bits per heavy atom. The highest BCUT2D eigenvalue weighted by molar-refractivity contribution is 7.78. The van der Waals surface area contributed by atoms with Crippen LogP contribution in [0.4, 0.5) is 5.69 Å². The van der Waals surface area contributed by atoms with Crippen molar-refractivity contribution in [2.45, 2.75) is 0 Å². The summed E-state index contributed by atoms with van der Waals surface area (Å²) in [6.45, 7) is 0. The Bertz CT molecular complexity index is 825. The summed E-state index contributed by atoms with van der Waals surface area (Å²) in [5, 5.41) is 3.29. The lowest BCUT2D eigenvalue weighted by Gasteiger charge is -2.05. The van der Waals surface area contributed by atoms with Crippen LogP contribution in [0.25, 0.3) is 20.8 Å². The maximum Gasteiger partial charge on any atom is 0.162 e. The third-order valence-electron chi connectivity index (χ3n) is 3.18. The van der Waals surface area contributed by atoms with E-state index in [1.807, 2.05) is 36.4 Å². The Hall–Kier alpha value is -2.27. The third kappa shape index (κ3) is 2.72. The van der Waals surface area contributed by atoms with Crippen molar-refractivity contribution in [3.05, 3.63) is 36.4 Å². The lowest BCUT2D eigenvalue weighted by Crippen LogP contribution is -1.89. The molecule has 2 aromatic carbocycles. The van der Waals surface area contributed by atoms with Gasteiger partial charge in [0.05, 0.1) is 35.3 Å². The highest BCUT2D eigenvalue weighted by atomic mass is 32.1. The molecule has 3 aromatic rings. The first-order valence-corrected chi connectivity index (χ1v) is 7.68. The molecule has 0 aliphatic rings. The summed E-state index contributed by atoms with van der Waals surface area (Å²) in [6, 6.07) is 11.6. The monoisotopic (exact) mass is 328 g/mol. The van der Waals surface area contributed by atoms with Crippen LogP contribution in [0.2, 0.25) is 0 Å². The van der Waals surface area contributed by atoms with Crippen LogP contribution >= 0.6 is 23.6 Å². The third-order valence-corrected chi connectivity index (χ3v) is 4.34. The van der Waals surface area contributed by atoms with E-state index in [0.717, 1.165) is 26.5 Å². The lowest BCUT2D eigenvalue weighted by atomic mass is 10.2. The van der Waals surface area contributed by atoms with Gasteiger partial charge in [0.15, 0.2) is 11.5 Å². The Morgan fingerprint density at radius 2 is 1.77 bits per heavy atom. The van der Waals surface area contributed by atoms with E-state index in [-0.39, 0.29) is 0 Å². The number of hydrogen-bond acceptors (Lipinski definition) is 6. The summed E-state index contributed by atoms with van der Waals surface area (Å²) >= 11 is 6.21. The van der Waals surface area contributed by atoms with Crippen molar-refractivity contribution >= 4 is 44.6 Å². The summed E-state index contributed by atoms with van der Waals surface area (Å²) in [7, 11) is 3.24. The Balaban J connectivity index is 2.06. The van der Waals surface area contributed by atoms with Crippen molar-refractivity contribution in [2.75, 3.05) is 14.2 Å². The molecule has 0 radical (unpaired) electrons. The molecule has 1 heterocycles. The molecule has 3 rings (SSSR count). The molecule has 4 nitrogen and oxygen atoms in total. The largest absolute Gasteiger partial charge is 0.493 e. The number of hydrogen-bond donors (Lipinski definition) is 0. The Kier molecular flexibility index (Phi) is 4.15. The molecule has 0 unspecified atom stereocenters. The minimum Gasteiger partial charge on any atom is -0.493 e. The predicted molar refractivity (Wildman–Crippen MR) is 92.8 cm³/mol. The second-order valence-corrected chi connectivity index (χ2v) is 5.66. The predicted octanol–water partition coefficient (Wildman–Crippen LogP) is 4.71. The fourth-order valence-corrected chi connectivity index (χ4v) is 3.20. The van der Waals surface area contributed by atoms with E-state index >= 15 is 0 Å². The van der Waals surface area contributed by atoms with Crippen molar-refractivity contribution in [3.63, 3.8) is 0 Å². The van der Waals surface area contributed by atoms with Gasteiger partial charge in [-0.2, -0.15) is 4.99 Å². The normalized spacial score (nSPS) is 10.3. The number of aromatic nitrogens is 1. The average Bonchev–Trinajstić information content (AvgIpc) is 2.97. The summed E-state index contributed by atoms with van der Waals surface area (Å²) in [5.41, 5.74) is 2.70. The zero-order valence-electron chi connectivity index (χ0n) is 12.0. The van der Waals surface area contributed by atoms with Gasteiger partial charge in [0.1, 0.15) is 5.01 Å². The van der Waals surface area contributed by atoms with Gasteiger partial charge < -0.3 is 9.47 Å². The summed E-state index contributed by atoms with van der Waals surface area (Å²) in [5.74, 6) is 1.38. The first-order valence-electron chi connectivity index (χ1n) is 6.46. The van der Waals surface area contributed by atoms with E-state index in [4.69, 9.17) is 9.47 Å². The van der Waals surface area contributed by atoms with Gasteiger partial charge in [-0.15, -0.1) is 11.3 Å². The van der Waals surface area contributed by atoms with E-state index in [1.54, 1.807) is 25.6 Å². The molecule has 0 aliphatic heterocycles. The van der Waals surface area contributed by atoms with Crippen LogP contribution in [0.3, 0.4) is 0 Å². The van der Waals surface area contributed by atoms with Gasteiger partial charge in [-0.25, -0.2) is 4.98 Å². The van der Waals surface area contributed by atoms with Gasteiger partial charge in [-0.3, -0.25) is 0 Å². The van der Waals surface area contributed by atoms with Gasteiger partial charge in [-0.05, 0) is 36.5 Å². The summed E-state index contributed by atoms with van der Waals surface area (Å²) in [4.78, 5) is 8.60. The Morgan fingerprint density at radius 3 is 2.41 bits per heavy atom. The van der Waals surface area contributed by atoms with Crippen LogP contribution in [0, 0.1) is 0 Å². The quantitative estimate of drug-likeness (QED) is 0.514. The number of isothiocyanates is 1. The molecule has 110 valence electrons. The number of aliphatic imine (C=N–C) groups is 1. The minimum absolute atomic E-state index is 0.678. The Labute approximate surface area is 137 Å². The fourth-order valence-electron chi connectivity index (χ4n) is 2.11. The standard InChI is InChI=1S/C16H12N2O2S2/c1-19-13-7-12-15(8-14(13)20-2)22-16(18-12)10-3-5-11(6-4-10)17-9-21/h3-8H,1-2H3. The van der Waals surface area contributed by atoms with Crippen LogP contribution in [-0.2, 0) is 0 Å². The topological polar surface area (TPSA) is 43.7 Å². The van der Waals surface area contributed by atoms with Gasteiger partial charge >= 0.3 is 0 Å². The molecule has 0 aliphatic carbocycles. The zero-order valence-corrected chi connectivity index (χ0v) is 13.6. The molecule has 0 spiro atoms. The minimum atomic E-state index is 0.678. The second-order valence-electron chi connectivity index (χ2n) is 4.44. The molecule has 6 heteroatoms. The highest BCUT2D eigenvalue weighted by Gasteiger charge is 2.11. The van der Waals surface area contributed by atoms with Crippen molar-refractivity contribution < 1.29 is 9.47 Å². The molecular formula is C16H12N2O2S2. The van der Waals surface area contributed by atoms with Crippen LogP contribution in [0.5, 0.6) is 11.5 Å². The highest BCUT2D eigenvalue weighted by Crippen LogP contribution is 2.37.